The van der Waals surface area contributed by atoms with Gasteiger partial charge in [0.05, 0.1) is 6.42 Å². The van der Waals surface area contributed by atoms with Gasteiger partial charge in [0.1, 0.15) is 0 Å². The molecule has 0 unspecified atom stereocenters. The number of carbonyl (C=O) groups excluding carboxylic acids is 1. The third kappa shape index (κ3) is 4.56. The summed E-state index contributed by atoms with van der Waals surface area (Å²) in [6.45, 7) is 4.00. The maximum Gasteiger partial charge on any atom is 0.255 e. The van der Waals surface area contributed by atoms with E-state index in [1.165, 1.54) is 24.4 Å². The normalized spacial score (nSPS) is 15.1. The molecule has 3 rings (SSSR count). The van der Waals surface area contributed by atoms with Crippen LogP contribution >= 0.6 is 0 Å². The average Bonchev–Trinajstić information content (AvgIpc) is 3.01. The van der Waals surface area contributed by atoms with E-state index >= 15 is 0 Å². The van der Waals surface area contributed by atoms with Crippen molar-refractivity contribution in [2.24, 2.45) is 5.84 Å². The van der Waals surface area contributed by atoms with Crippen molar-refractivity contribution in [3.8, 4) is 0 Å². The topological polar surface area (TPSA) is 74.2 Å². The van der Waals surface area contributed by atoms with Gasteiger partial charge in [-0.1, -0.05) is 51.3 Å². The Balaban J connectivity index is 0.000000924. The van der Waals surface area contributed by atoms with Gasteiger partial charge in [-0.15, -0.1) is 0 Å². The Hall–Kier alpha value is -1.85. The molecule has 5 heteroatoms. The third-order valence-corrected chi connectivity index (χ3v) is 4.21. The summed E-state index contributed by atoms with van der Waals surface area (Å²) >= 11 is 0. The van der Waals surface area contributed by atoms with E-state index in [0.29, 0.717) is 12.5 Å². The number of H-pyrrole nitrogens is 1. The highest BCUT2D eigenvalue weighted by atomic mass is 16.2. The summed E-state index contributed by atoms with van der Waals surface area (Å²) in [5.74, 6) is 5.77. The molecule has 0 radical (unpaired) electrons. The molecule has 1 amide bonds. The number of amides is 1. The zero-order chi connectivity index (χ0) is 16.7. The lowest BCUT2D eigenvalue weighted by atomic mass is 9.96. The van der Waals surface area contributed by atoms with Crippen molar-refractivity contribution in [2.75, 3.05) is 0 Å². The number of benzene rings is 1. The highest BCUT2D eigenvalue weighted by Gasteiger charge is 2.19. The smallest absolute Gasteiger partial charge is 0.255 e. The fourth-order valence-corrected chi connectivity index (χ4v) is 3.03. The largest absolute Gasteiger partial charge is 0.361 e. The molecule has 1 fully saturated rings. The summed E-state index contributed by atoms with van der Waals surface area (Å²) in [6.07, 6.45) is 8.08. The van der Waals surface area contributed by atoms with Crippen LogP contribution in [0.4, 0.5) is 0 Å². The number of hydrazine groups is 2. The molecule has 0 bridgehead atoms. The molecule has 23 heavy (non-hydrogen) atoms. The number of rotatable bonds is 4. The van der Waals surface area contributed by atoms with Crippen LogP contribution in [0.5, 0.6) is 0 Å². The number of para-hydroxylation sites is 1. The van der Waals surface area contributed by atoms with E-state index in [0.717, 1.165) is 29.3 Å². The summed E-state index contributed by atoms with van der Waals surface area (Å²) in [6, 6.07) is 8.30. The number of hydrogen-bond acceptors (Lipinski definition) is 3. The van der Waals surface area contributed by atoms with Crippen molar-refractivity contribution in [3.05, 3.63) is 36.0 Å². The first-order valence-corrected chi connectivity index (χ1v) is 8.63. The van der Waals surface area contributed by atoms with E-state index < -0.39 is 0 Å². The number of carbonyl (C=O) groups is 1. The van der Waals surface area contributed by atoms with Gasteiger partial charge in [-0.25, -0.2) is 16.4 Å². The molecule has 1 aromatic carbocycles. The monoisotopic (exact) mass is 316 g/mol. The van der Waals surface area contributed by atoms with E-state index in [1.54, 1.807) is 0 Å². The standard InChI is InChI=1S/C16H22N4O.C2H6/c17-20(19-13-6-2-1-3-7-13)16(21)10-12-11-18-15-9-5-4-8-14(12)15;1-2/h4-5,8-9,11,13,18-19H,1-3,6-7,10,17H2;1-2H3. The van der Waals surface area contributed by atoms with Crippen LogP contribution in [0.25, 0.3) is 10.9 Å². The van der Waals surface area contributed by atoms with Gasteiger partial charge in [0.25, 0.3) is 5.91 Å². The molecule has 1 heterocycles. The van der Waals surface area contributed by atoms with Gasteiger partial charge in [0, 0.05) is 23.1 Å². The Morgan fingerprint density at radius 3 is 2.70 bits per heavy atom. The van der Waals surface area contributed by atoms with Crippen LogP contribution in [0.15, 0.2) is 30.5 Å². The Kier molecular flexibility index (Phi) is 6.62. The number of hydrogen-bond donors (Lipinski definition) is 3. The minimum Gasteiger partial charge on any atom is -0.361 e. The van der Waals surface area contributed by atoms with Gasteiger partial charge in [0.15, 0.2) is 0 Å². The van der Waals surface area contributed by atoms with Crippen LogP contribution in [-0.4, -0.2) is 22.1 Å². The molecule has 1 aromatic heterocycles. The van der Waals surface area contributed by atoms with Gasteiger partial charge < -0.3 is 4.98 Å². The molecule has 1 aliphatic rings. The van der Waals surface area contributed by atoms with Gasteiger partial charge in [-0.2, -0.15) is 0 Å². The molecule has 2 aromatic rings. The number of nitrogens with one attached hydrogen (secondary N) is 2. The first-order chi connectivity index (χ1) is 11.2. The summed E-state index contributed by atoms with van der Waals surface area (Å²) in [7, 11) is 0. The molecule has 1 saturated carbocycles. The third-order valence-electron chi connectivity index (χ3n) is 4.21. The van der Waals surface area contributed by atoms with E-state index in [-0.39, 0.29) is 5.91 Å². The Morgan fingerprint density at radius 2 is 1.96 bits per heavy atom. The second kappa shape index (κ2) is 8.70. The first-order valence-electron chi connectivity index (χ1n) is 8.63. The van der Waals surface area contributed by atoms with Gasteiger partial charge in [0.2, 0.25) is 0 Å². The summed E-state index contributed by atoms with van der Waals surface area (Å²) in [5, 5.41) is 2.26. The molecule has 4 N–H and O–H groups in total. The van der Waals surface area contributed by atoms with Crippen LogP contribution in [0.3, 0.4) is 0 Å². The van der Waals surface area contributed by atoms with Gasteiger partial charge in [-0.3, -0.25) is 4.79 Å². The van der Waals surface area contributed by atoms with Crippen molar-refractivity contribution < 1.29 is 4.79 Å². The van der Waals surface area contributed by atoms with E-state index in [1.807, 2.05) is 44.3 Å². The van der Waals surface area contributed by atoms with Crippen LogP contribution in [0.2, 0.25) is 0 Å². The zero-order valence-corrected chi connectivity index (χ0v) is 14.1. The van der Waals surface area contributed by atoms with Crippen LogP contribution in [0, 0.1) is 0 Å². The molecular weight excluding hydrogens is 288 g/mol. The molecule has 126 valence electrons. The van der Waals surface area contributed by atoms with Gasteiger partial charge >= 0.3 is 0 Å². The fraction of sp³-hybridized carbons (Fsp3) is 0.500. The predicted molar refractivity (Wildman–Crippen MR) is 94.4 cm³/mol. The Morgan fingerprint density at radius 1 is 1.26 bits per heavy atom. The molecule has 0 spiro atoms. The van der Waals surface area contributed by atoms with Gasteiger partial charge in [-0.05, 0) is 24.5 Å². The summed E-state index contributed by atoms with van der Waals surface area (Å²) in [5.41, 5.74) is 5.16. The zero-order valence-electron chi connectivity index (χ0n) is 14.1. The van der Waals surface area contributed by atoms with Crippen LogP contribution < -0.4 is 11.3 Å². The van der Waals surface area contributed by atoms with Crippen molar-refractivity contribution in [1.29, 1.82) is 0 Å². The van der Waals surface area contributed by atoms with Crippen molar-refractivity contribution in [3.63, 3.8) is 0 Å². The van der Waals surface area contributed by atoms with Crippen LogP contribution in [0.1, 0.15) is 51.5 Å². The van der Waals surface area contributed by atoms with Crippen molar-refractivity contribution in [1.82, 2.24) is 15.5 Å². The maximum atomic E-state index is 12.3. The van der Waals surface area contributed by atoms with E-state index in [4.69, 9.17) is 5.84 Å². The lowest BCUT2D eigenvalue weighted by Gasteiger charge is -2.27. The average molecular weight is 316 g/mol. The Bertz CT molecular complexity index is 616. The lowest BCUT2D eigenvalue weighted by Crippen LogP contribution is -2.53. The highest BCUT2D eigenvalue weighted by Crippen LogP contribution is 2.19. The second-order valence-corrected chi connectivity index (χ2v) is 5.76. The molecule has 1 aliphatic carbocycles. The fourth-order valence-electron chi connectivity index (χ4n) is 3.03. The van der Waals surface area contributed by atoms with Crippen molar-refractivity contribution >= 4 is 16.8 Å². The predicted octanol–water partition coefficient (Wildman–Crippen LogP) is 3.28. The number of aromatic amines is 1. The molecule has 0 aliphatic heterocycles. The first kappa shape index (κ1) is 17.5. The number of nitrogens with two attached hydrogens (primary N) is 1. The van der Waals surface area contributed by atoms with Crippen molar-refractivity contribution in [2.45, 2.75) is 58.4 Å². The molecular formula is C18H28N4O. The number of fused-ring (bicyclic) bond motifs is 1. The summed E-state index contributed by atoms with van der Waals surface area (Å²) in [4.78, 5) is 15.4. The van der Waals surface area contributed by atoms with Crippen LogP contribution in [-0.2, 0) is 11.2 Å². The minimum atomic E-state index is -0.106. The Labute approximate surface area is 138 Å². The molecule has 0 saturated heterocycles. The quantitative estimate of drug-likeness (QED) is 0.460. The van der Waals surface area contributed by atoms with E-state index in [9.17, 15) is 4.79 Å². The number of aromatic nitrogens is 1. The molecule has 0 atom stereocenters. The number of nitrogens with zero attached hydrogens (tertiary/aromatic N) is 1. The lowest BCUT2D eigenvalue weighted by molar-refractivity contribution is -0.135. The minimum absolute atomic E-state index is 0.106. The second-order valence-electron chi connectivity index (χ2n) is 5.76. The molecule has 5 nitrogen and oxygen atoms in total. The maximum absolute atomic E-state index is 12.3. The SMILES string of the molecule is CC.NN(NC1CCCCC1)C(=O)Cc1c[nH]c2ccccc12. The highest BCUT2D eigenvalue weighted by molar-refractivity contribution is 5.88. The van der Waals surface area contributed by atoms with E-state index in [2.05, 4.69) is 10.4 Å². The summed E-state index contributed by atoms with van der Waals surface area (Å²) < 4.78 is 0.